The van der Waals surface area contributed by atoms with Gasteiger partial charge in [-0.2, -0.15) is 0 Å². The van der Waals surface area contributed by atoms with Gasteiger partial charge in [-0.15, -0.1) is 0 Å². The van der Waals surface area contributed by atoms with E-state index in [2.05, 4.69) is 13.8 Å². The van der Waals surface area contributed by atoms with Crippen LogP contribution in [0.1, 0.15) is 52.9 Å². The summed E-state index contributed by atoms with van der Waals surface area (Å²) in [5.41, 5.74) is -0.896. The average Bonchev–Trinajstić information content (AvgIpc) is 2.17. The molecule has 3 heteroatoms. The molecule has 2 unspecified atom stereocenters. The second-order valence-corrected chi connectivity index (χ2v) is 5.32. The Balaban J connectivity index is 2.67. The van der Waals surface area contributed by atoms with Crippen molar-refractivity contribution in [3.63, 3.8) is 0 Å². The molecule has 0 heterocycles. The molecular weight excluding hydrogens is 204 g/mol. The smallest absolute Gasteiger partial charge is 0.335 e. The summed E-state index contributed by atoms with van der Waals surface area (Å²) in [6.07, 6.45) is 4.60. The van der Waals surface area contributed by atoms with E-state index in [0.717, 1.165) is 19.3 Å². The Morgan fingerprint density at radius 1 is 1.56 bits per heavy atom. The van der Waals surface area contributed by atoms with Gasteiger partial charge in [0.1, 0.15) is 0 Å². The van der Waals surface area contributed by atoms with E-state index in [4.69, 9.17) is 4.74 Å². The van der Waals surface area contributed by atoms with E-state index in [0.29, 0.717) is 31.3 Å². The van der Waals surface area contributed by atoms with Crippen molar-refractivity contribution in [3.05, 3.63) is 0 Å². The third-order valence-corrected chi connectivity index (χ3v) is 3.43. The Morgan fingerprint density at radius 3 is 2.75 bits per heavy atom. The summed E-state index contributed by atoms with van der Waals surface area (Å²) in [7, 11) is 0. The Hall–Kier alpha value is -0.570. The van der Waals surface area contributed by atoms with Gasteiger partial charge in [-0.3, -0.25) is 0 Å². The average molecular weight is 228 g/mol. The standard InChI is InChI=1S/C13H24O3/c1-4-16-13(12(14)15)7-5-6-11(9-13)8-10(2)3/h10-11H,4-9H2,1-3H3,(H,14,15). The zero-order valence-electron chi connectivity index (χ0n) is 10.7. The van der Waals surface area contributed by atoms with Gasteiger partial charge in [-0.05, 0) is 44.4 Å². The highest BCUT2D eigenvalue weighted by Crippen LogP contribution is 2.38. The highest BCUT2D eigenvalue weighted by atomic mass is 16.5. The van der Waals surface area contributed by atoms with Crippen molar-refractivity contribution in [2.45, 2.75) is 58.5 Å². The van der Waals surface area contributed by atoms with Crippen molar-refractivity contribution in [1.29, 1.82) is 0 Å². The third kappa shape index (κ3) is 3.21. The van der Waals surface area contributed by atoms with Crippen molar-refractivity contribution in [2.24, 2.45) is 11.8 Å². The van der Waals surface area contributed by atoms with Gasteiger partial charge in [-0.1, -0.05) is 20.3 Å². The maximum absolute atomic E-state index is 11.4. The van der Waals surface area contributed by atoms with Crippen molar-refractivity contribution < 1.29 is 14.6 Å². The zero-order valence-corrected chi connectivity index (χ0v) is 10.7. The number of ether oxygens (including phenoxy) is 1. The lowest BCUT2D eigenvalue weighted by Gasteiger charge is -2.37. The van der Waals surface area contributed by atoms with Gasteiger partial charge in [0.15, 0.2) is 5.60 Å². The van der Waals surface area contributed by atoms with Crippen molar-refractivity contribution in [3.8, 4) is 0 Å². The fourth-order valence-electron chi connectivity index (χ4n) is 2.88. The number of aliphatic carboxylic acids is 1. The lowest BCUT2D eigenvalue weighted by atomic mass is 9.75. The highest BCUT2D eigenvalue weighted by molar-refractivity contribution is 5.77. The van der Waals surface area contributed by atoms with Gasteiger partial charge in [0, 0.05) is 6.61 Å². The molecule has 1 rings (SSSR count). The number of hydrogen-bond acceptors (Lipinski definition) is 2. The second-order valence-electron chi connectivity index (χ2n) is 5.32. The topological polar surface area (TPSA) is 46.5 Å². The lowest BCUT2D eigenvalue weighted by Crippen LogP contribution is -2.46. The summed E-state index contributed by atoms with van der Waals surface area (Å²) in [4.78, 5) is 11.4. The van der Waals surface area contributed by atoms with Crippen molar-refractivity contribution in [1.82, 2.24) is 0 Å². The monoisotopic (exact) mass is 228 g/mol. The molecule has 0 aromatic heterocycles. The molecule has 0 aliphatic heterocycles. The normalized spacial score (nSPS) is 30.6. The molecule has 0 spiro atoms. The molecule has 2 atom stereocenters. The Morgan fingerprint density at radius 2 is 2.25 bits per heavy atom. The fourth-order valence-corrected chi connectivity index (χ4v) is 2.88. The first-order valence-electron chi connectivity index (χ1n) is 6.37. The molecule has 0 aromatic rings. The molecule has 3 nitrogen and oxygen atoms in total. The van der Waals surface area contributed by atoms with Crippen LogP contribution in [0.3, 0.4) is 0 Å². The highest BCUT2D eigenvalue weighted by Gasteiger charge is 2.43. The van der Waals surface area contributed by atoms with E-state index in [9.17, 15) is 9.90 Å². The first-order valence-corrected chi connectivity index (χ1v) is 6.37. The van der Waals surface area contributed by atoms with Gasteiger partial charge in [0.2, 0.25) is 0 Å². The van der Waals surface area contributed by atoms with E-state index in [1.807, 2.05) is 6.92 Å². The van der Waals surface area contributed by atoms with Crippen LogP contribution in [0.15, 0.2) is 0 Å². The van der Waals surface area contributed by atoms with Gasteiger partial charge >= 0.3 is 5.97 Å². The number of hydrogen-bond donors (Lipinski definition) is 1. The molecule has 0 aromatic carbocycles. The molecule has 0 saturated heterocycles. The molecule has 1 fully saturated rings. The third-order valence-electron chi connectivity index (χ3n) is 3.43. The van der Waals surface area contributed by atoms with Crippen LogP contribution in [-0.4, -0.2) is 23.3 Å². The minimum Gasteiger partial charge on any atom is -0.479 e. The van der Waals surface area contributed by atoms with Crippen LogP contribution in [0.4, 0.5) is 0 Å². The molecule has 0 radical (unpaired) electrons. The molecule has 94 valence electrons. The molecule has 1 aliphatic carbocycles. The van der Waals surface area contributed by atoms with Crippen LogP contribution in [0.5, 0.6) is 0 Å². The number of carboxylic acid groups (broad SMARTS) is 1. The van der Waals surface area contributed by atoms with Crippen molar-refractivity contribution in [2.75, 3.05) is 6.61 Å². The van der Waals surface area contributed by atoms with Gasteiger partial charge < -0.3 is 9.84 Å². The van der Waals surface area contributed by atoms with Crippen LogP contribution in [0.25, 0.3) is 0 Å². The SMILES string of the molecule is CCOC1(C(=O)O)CCCC(CC(C)C)C1. The molecule has 0 amide bonds. The maximum Gasteiger partial charge on any atom is 0.335 e. The van der Waals surface area contributed by atoms with Crippen molar-refractivity contribution >= 4 is 5.97 Å². The molecule has 1 aliphatic rings. The summed E-state index contributed by atoms with van der Waals surface area (Å²) < 4.78 is 5.54. The van der Waals surface area contributed by atoms with Gasteiger partial charge in [-0.25, -0.2) is 4.79 Å². The van der Waals surface area contributed by atoms with Crippen LogP contribution < -0.4 is 0 Å². The Kier molecular flexibility index (Phi) is 4.78. The minimum atomic E-state index is -0.896. The van der Waals surface area contributed by atoms with Crippen LogP contribution >= 0.6 is 0 Å². The van der Waals surface area contributed by atoms with E-state index in [1.54, 1.807) is 0 Å². The second kappa shape index (κ2) is 5.67. The number of carbonyl (C=O) groups is 1. The van der Waals surface area contributed by atoms with E-state index in [-0.39, 0.29) is 0 Å². The minimum absolute atomic E-state index is 0.487. The quantitative estimate of drug-likeness (QED) is 0.786. The Labute approximate surface area is 98.2 Å². The summed E-state index contributed by atoms with van der Waals surface area (Å²) in [6, 6.07) is 0. The maximum atomic E-state index is 11.4. The first kappa shape index (κ1) is 13.5. The molecular formula is C13H24O3. The summed E-state index contributed by atoms with van der Waals surface area (Å²) in [5, 5.41) is 9.35. The molecule has 0 bridgehead atoms. The lowest BCUT2D eigenvalue weighted by molar-refractivity contribution is -0.172. The predicted molar refractivity (Wildman–Crippen MR) is 63.4 cm³/mol. The zero-order chi connectivity index (χ0) is 12.2. The number of rotatable bonds is 5. The predicted octanol–water partition coefficient (Wildman–Crippen LogP) is 3.08. The first-order chi connectivity index (χ1) is 7.50. The van der Waals surface area contributed by atoms with Gasteiger partial charge in [0.05, 0.1) is 0 Å². The van der Waals surface area contributed by atoms with Crippen LogP contribution in [0.2, 0.25) is 0 Å². The molecule has 1 saturated carbocycles. The fraction of sp³-hybridized carbons (Fsp3) is 0.923. The molecule has 1 N–H and O–H groups in total. The largest absolute Gasteiger partial charge is 0.479 e. The van der Waals surface area contributed by atoms with E-state index < -0.39 is 11.6 Å². The number of carboxylic acids is 1. The summed E-state index contributed by atoms with van der Waals surface area (Å²) in [6.45, 7) is 6.74. The summed E-state index contributed by atoms with van der Waals surface area (Å²) in [5.74, 6) is 0.371. The Bertz CT molecular complexity index is 233. The van der Waals surface area contributed by atoms with E-state index in [1.165, 1.54) is 0 Å². The van der Waals surface area contributed by atoms with Crippen LogP contribution in [0, 0.1) is 11.8 Å². The van der Waals surface area contributed by atoms with Crippen LogP contribution in [-0.2, 0) is 9.53 Å². The summed E-state index contributed by atoms with van der Waals surface area (Å²) >= 11 is 0. The van der Waals surface area contributed by atoms with Gasteiger partial charge in [0.25, 0.3) is 0 Å². The van der Waals surface area contributed by atoms with E-state index >= 15 is 0 Å². The molecule has 16 heavy (non-hydrogen) atoms.